The summed E-state index contributed by atoms with van der Waals surface area (Å²) in [6.07, 6.45) is 2.19. The third-order valence-electron chi connectivity index (χ3n) is 6.21. The monoisotopic (exact) mass is 371 g/mol. The quantitative estimate of drug-likeness (QED) is 0.881. The van der Waals surface area contributed by atoms with Gasteiger partial charge in [-0.3, -0.25) is 4.79 Å². The van der Waals surface area contributed by atoms with Gasteiger partial charge in [0.25, 0.3) is 0 Å². The summed E-state index contributed by atoms with van der Waals surface area (Å²) < 4.78 is 28.2. The van der Waals surface area contributed by atoms with E-state index >= 15 is 0 Å². The molecule has 2 aliphatic carbocycles. The van der Waals surface area contributed by atoms with Crippen molar-refractivity contribution >= 4 is 5.91 Å². The highest BCUT2D eigenvalue weighted by Gasteiger charge is 2.58. The first-order valence-electron chi connectivity index (χ1n) is 9.15. The Bertz CT molecular complexity index is 949. The average Bonchev–Trinajstić information content (AvgIpc) is 3.17. The fourth-order valence-corrected chi connectivity index (χ4v) is 5.00. The van der Waals surface area contributed by atoms with Crippen molar-refractivity contribution < 1.29 is 18.7 Å². The molecule has 1 N–H and O–H groups in total. The van der Waals surface area contributed by atoms with Gasteiger partial charge >= 0.3 is 0 Å². The van der Waals surface area contributed by atoms with Crippen molar-refractivity contribution in [3.63, 3.8) is 0 Å². The summed E-state index contributed by atoms with van der Waals surface area (Å²) in [4.78, 5) is 14.8. The molecule has 140 valence electrons. The normalized spacial score (nSPS) is 27.4. The van der Waals surface area contributed by atoms with E-state index < -0.39 is 22.7 Å². The number of halogens is 2. The molecule has 3 aliphatic rings. The second kappa shape index (κ2) is 5.32. The number of likely N-dealkylation sites (tertiary alicyclic amines) is 1. The van der Waals surface area contributed by atoms with Crippen molar-refractivity contribution in [2.45, 2.75) is 43.1 Å². The first kappa shape index (κ1) is 16.7. The van der Waals surface area contributed by atoms with Crippen LogP contribution in [-0.4, -0.2) is 44.8 Å². The number of hydrogen-bond acceptors (Lipinski definition) is 4. The van der Waals surface area contributed by atoms with E-state index in [4.69, 9.17) is 0 Å². The summed E-state index contributed by atoms with van der Waals surface area (Å²) in [6, 6.07) is 5.39. The summed E-state index contributed by atoms with van der Waals surface area (Å²) in [6.45, 7) is 2.35. The van der Waals surface area contributed by atoms with Crippen molar-refractivity contribution in [1.29, 1.82) is 0 Å². The van der Waals surface area contributed by atoms with Gasteiger partial charge in [-0.05, 0) is 55.9 Å². The second-order valence-corrected chi connectivity index (χ2v) is 8.31. The molecule has 27 heavy (non-hydrogen) atoms. The topological polar surface area (TPSA) is 66.3 Å². The summed E-state index contributed by atoms with van der Waals surface area (Å²) in [5.41, 5.74) is -0.0640. The molecule has 1 aromatic heterocycles. The third-order valence-corrected chi connectivity index (χ3v) is 6.21. The Morgan fingerprint density at radius 1 is 1.26 bits per heavy atom. The van der Waals surface area contributed by atoms with Crippen LogP contribution >= 0.6 is 0 Å². The number of hydrogen-bond donors (Lipinski definition) is 1. The summed E-state index contributed by atoms with van der Waals surface area (Å²) in [5, 5.41) is 18.3. The molecule has 7 heteroatoms. The van der Waals surface area contributed by atoms with Gasteiger partial charge in [0.2, 0.25) is 5.91 Å². The van der Waals surface area contributed by atoms with Crippen LogP contribution in [0.1, 0.15) is 43.4 Å². The number of rotatable bonds is 2. The Morgan fingerprint density at radius 3 is 2.63 bits per heavy atom. The molecule has 0 unspecified atom stereocenters. The molecule has 2 atom stereocenters. The zero-order valence-corrected chi connectivity index (χ0v) is 14.9. The van der Waals surface area contributed by atoms with Crippen LogP contribution in [0.5, 0.6) is 0 Å². The van der Waals surface area contributed by atoms with Crippen LogP contribution in [0.2, 0.25) is 0 Å². The Labute approximate surface area is 155 Å². The lowest BCUT2D eigenvalue weighted by molar-refractivity contribution is -0.158. The molecule has 2 heterocycles. The molecule has 5 nitrogen and oxygen atoms in total. The standard InChI is InChI=1S/C20H19F2N3O2/c1-19(27)9-25(10-19)18(26)20-6-5-11(8-20)12-7-15(23-24-17(12)20)16-13(21)3-2-4-14(16)22/h2-4,7,11,27H,5-6,8-10H2,1H3/t11-,20-/m0/s1. The van der Waals surface area contributed by atoms with Crippen molar-refractivity contribution in [3.05, 3.63) is 47.2 Å². The molecule has 0 spiro atoms. The second-order valence-electron chi connectivity index (χ2n) is 8.31. The minimum absolute atomic E-state index is 0.0191. The molecule has 1 amide bonds. The van der Waals surface area contributed by atoms with Gasteiger partial charge in [-0.1, -0.05) is 6.07 Å². The predicted octanol–water partition coefficient (Wildman–Crippen LogP) is 2.53. The minimum atomic E-state index is -0.830. The number of aromatic nitrogens is 2. The van der Waals surface area contributed by atoms with Crippen molar-refractivity contribution in [3.8, 4) is 11.3 Å². The van der Waals surface area contributed by atoms with Gasteiger partial charge < -0.3 is 10.0 Å². The number of amides is 1. The Balaban J connectivity index is 1.54. The number of carbonyl (C=O) groups excluding carboxylic acids is 1. The van der Waals surface area contributed by atoms with Crippen LogP contribution in [0.15, 0.2) is 24.3 Å². The fourth-order valence-electron chi connectivity index (χ4n) is 5.00. The number of carbonyl (C=O) groups is 1. The molecule has 1 saturated heterocycles. The SMILES string of the molecule is CC1(O)CN(C(=O)[C@@]23CC[C@@H](C2)c2cc(-c4c(F)cccc4F)nnc23)C1. The van der Waals surface area contributed by atoms with Crippen LogP contribution < -0.4 is 0 Å². The maximum absolute atomic E-state index is 14.1. The molecule has 0 radical (unpaired) electrons. The molecule has 1 aromatic carbocycles. The lowest BCUT2D eigenvalue weighted by Crippen LogP contribution is -2.64. The number of nitrogens with zero attached hydrogens (tertiary/aromatic N) is 3. The van der Waals surface area contributed by atoms with Crippen LogP contribution in [-0.2, 0) is 10.2 Å². The first-order chi connectivity index (χ1) is 12.8. The van der Waals surface area contributed by atoms with E-state index in [0.717, 1.165) is 12.0 Å². The summed E-state index contributed by atoms with van der Waals surface area (Å²) in [5.74, 6) is -1.23. The Hall–Kier alpha value is -2.41. The maximum Gasteiger partial charge on any atom is 0.235 e. The molecule has 2 aromatic rings. The highest BCUT2D eigenvalue weighted by atomic mass is 19.1. The zero-order valence-electron chi connectivity index (χ0n) is 14.9. The number of aliphatic hydroxyl groups is 1. The van der Waals surface area contributed by atoms with E-state index in [1.165, 1.54) is 18.2 Å². The van der Waals surface area contributed by atoms with Crippen LogP contribution in [0.25, 0.3) is 11.3 Å². The fraction of sp³-hybridized carbons (Fsp3) is 0.450. The van der Waals surface area contributed by atoms with Gasteiger partial charge in [-0.25, -0.2) is 8.78 Å². The molecule has 2 fully saturated rings. The van der Waals surface area contributed by atoms with Crippen LogP contribution in [0.3, 0.4) is 0 Å². The highest BCUT2D eigenvalue weighted by molar-refractivity contribution is 5.91. The molecule has 5 rings (SSSR count). The van der Waals surface area contributed by atoms with Crippen LogP contribution in [0.4, 0.5) is 8.78 Å². The van der Waals surface area contributed by atoms with E-state index in [1.54, 1.807) is 17.9 Å². The van der Waals surface area contributed by atoms with Gasteiger partial charge in [0.15, 0.2) is 0 Å². The van der Waals surface area contributed by atoms with Crippen molar-refractivity contribution in [2.75, 3.05) is 13.1 Å². The average molecular weight is 371 g/mol. The van der Waals surface area contributed by atoms with Crippen LogP contribution in [0, 0.1) is 11.6 Å². The summed E-state index contributed by atoms with van der Waals surface area (Å²) in [7, 11) is 0. The lowest BCUT2D eigenvalue weighted by atomic mass is 9.79. The van der Waals surface area contributed by atoms with Gasteiger partial charge in [0.05, 0.1) is 41.1 Å². The van der Waals surface area contributed by atoms with E-state index in [2.05, 4.69) is 10.2 Å². The minimum Gasteiger partial charge on any atom is -0.386 e. The summed E-state index contributed by atoms with van der Waals surface area (Å²) >= 11 is 0. The molecule has 1 saturated carbocycles. The largest absolute Gasteiger partial charge is 0.386 e. The highest BCUT2D eigenvalue weighted by Crippen LogP contribution is 2.57. The van der Waals surface area contributed by atoms with Gasteiger partial charge in [-0.15, -0.1) is 5.10 Å². The van der Waals surface area contributed by atoms with Gasteiger partial charge in [0.1, 0.15) is 11.6 Å². The Morgan fingerprint density at radius 2 is 1.96 bits per heavy atom. The first-order valence-corrected chi connectivity index (χ1v) is 9.15. The maximum atomic E-state index is 14.1. The van der Waals surface area contributed by atoms with E-state index in [1.807, 2.05) is 0 Å². The number of benzene rings is 1. The molecule has 2 bridgehead atoms. The van der Waals surface area contributed by atoms with Gasteiger partial charge in [-0.2, -0.15) is 5.10 Å². The van der Waals surface area contributed by atoms with Crippen molar-refractivity contribution in [2.24, 2.45) is 0 Å². The van der Waals surface area contributed by atoms with E-state index in [0.29, 0.717) is 31.6 Å². The smallest absolute Gasteiger partial charge is 0.235 e. The zero-order chi connectivity index (χ0) is 19.0. The molecular formula is C20H19F2N3O2. The van der Waals surface area contributed by atoms with E-state index in [9.17, 15) is 18.7 Å². The van der Waals surface area contributed by atoms with Crippen molar-refractivity contribution in [1.82, 2.24) is 15.1 Å². The Kier molecular flexibility index (Phi) is 3.30. The lowest BCUT2D eigenvalue weighted by Gasteiger charge is -2.47. The molecule has 1 aliphatic heterocycles. The molecular weight excluding hydrogens is 352 g/mol. The predicted molar refractivity (Wildman–Crippen MR) is 92.9 cm³/mol. The third kappa shape index (κ3) is 2.27. The van der Waals surface area contributed by atoms with E-state index in [-0.39, 0.29) is 23.1 Å². The number of β-amino-alcohol motifs (C(OH)–C–C–N with tert-alkyl or cyclic N) is 1. The van der Waals surface area contributed by atoms with Gasteiger partial charge in [0, 0.05) is 0 Å². The number of fused-ring (bicyclic) bond motifs is 5.